The fourth-order valence-electron chi connectivity index (χ4n) is 3.12. The quantitative estimate of drug-likeness (QED) is 0.895. The SMILES string of the molecule is Cc1ccc2c(c1)C(C)(C)C(=O)N2CC(=O)Nc1ccc(C)c(Cl)c1. The molecule has 0 aliphatic carbocycles. The number of nitrogens with one attached hydrogen (secondary N) is 1. The Bertz CT molecular complexity index is 874. The average Bonchev–Trinajstić information content (AvgIpc) is 2.72. The second-order valence-corrected chi connectivity index (χ2v) is 7.46. The molecule has 1 N–H and O–H groups in total. The van der Waals surface area contributed by atoms with E-state index in [4.69, 9.17) is 11.6 Å². The summed E-state index contributed by atoms with van der Waals surface area (Å²) >= 11 is 6.09. The first kappa shape index (κ1) is 17.5. The zero-order valence-electron chi connectivity index (χ0n) is 14.8. The first-order valence-electron chi connectivity index (χ1n) is 8.19. The van der Waals surface area contributed by atoms with Gasteiger partial charge in [0.15, 0.2) is 0 Å². The lowest BCUT2D eigenvalue weighted by atomic mass is 9.85. The highest BCUT2D eigenvalue weighted by Crippen LogP contribution is 2.41. The first-order valence-corrected chi connectivity index (χ1v) is 8.57. The van der Waals surface area contributed by atoms with Crippen LogP contribution in [0.1, 0.15) is 30.5 Å². The van der Waals surface area contributed by atoms with Gasteiger partial charge < -0.3 is 10.2 Å². The molecule has 1 aliphatic heterocycles. The van der Waals surface area contributed by atoms with Gasteiger partial charge >= 0.3 is 0 Å². The van der Waals surface area contributed by atoms with Crippen LogP contribution >= 0.6 is 11.6 Å². The number of benzene rings is 2. The molecule has 0 unspecified atom stereocenters. The molecule has 1 heterocycles. The molecular weight excluding hydrogens is 336 g/mol. The van der Waals surface area contributed by atoms with E-state index in [0.717, 1.165) is 22.4 Å². The summed E-state index contributed by atoms with van der Waals surface area (Å²) in [5.41, 5.74) is 3.80. The second kappa shape index (κ2) is 6.19. The molecule has 3 rings (SSSR count). The maximum atomic E-state index is 12.8. The maximum Gasteiger partial charge on any atom is 0.244 e. The summed E-state index contributed by atoms with van der Waals surface area (Å²) in [5.74, 6) is -0.317. The maximum absolute atomic E-state index is 12.8. The molecular formula is C20H21ClN2O2. The van der Waals surface area contributed by atoms with E-state index in [9.17, 15) is 9.59 Å². The molecule has 25 heavy (non-hydrogen) atoms. The van der Waals surface area contributed by atoms with Gasteiger partial charge in [0, 0.05) is 16.4 Å². The molecule has 0 saturated carbocycles. The van der Waals surface area contributed by atoms with Gasteiger partial charge in [-0.3, -0.25) is 9.59 Å². The Kier molecular flexibility index (Phi) is 4.33. The molecule has 0 bridgehead atoms. The molecule has 1 aliphatic rings. The minimum absolute atomic E-state index is 0.0240. The van der Waals surface area contributed by atoms with Crippen molar-refractivity contribution in [3.63, 3.8) is 0 Å². The fraction of sp³-hybridized carbons (Fsp3) is 0.300. The number of fused-ring (bicyclic) bond motifs is 1. The number of nitrogens with zero attached hydrogens (tertiary/aromatic N) is 1. The van der Waals surface area contributed by atoms with Crippen LogP contribution in [0.5, 0.6) is 0 Å². The number of halogens is 1. The lowest BCUT2D eigenvalue weighted by Crippen LogP contribution is -2.40. The van der Waals surface area contributed by atoms with E-state index in [1.807, 2.05) is 52.0 Å². The lowest BCUT2D eigenvalue weighted by molar-refractivity contribution is -0.124. The number of rotatable bonds is 3. The summed E-state index contributed by atoms with van der Waals surface area (Å²) in [5, 5.41) is 3.40. The van der Waals surface area contributed by atoms with Gasteiger partial charge in [0.05, 0.1) is 5.41 Å². The summed E-state index contributed by atoms with van der Waals surface area (Å²) in [6.07, 6.45) is 0. The summed E-state index contributed by atoms with van der Waals surface area (Å²) in [6, 6.07) is 11.2. The number of aryl methyl sites for hydroxylation is 2. The largest absolute Gasteiger partial charge is 0.324 e. The Morgan fingerprint density at radius 1 is 1.16 bits per heavy atom. The number of anilines is 2. The Hall–Kier alpha value is -2.33. The molecule has 0 aromatic heterocycles. The molecule has 2 aromatic carbocycles. The van der Waals surface area contributed by atoms with Gasteiger partial charge in [0.2, 0.25) is 11.8 Å². The van der Waals surface area contributed by atoms with Crippen molar-refractivity contribution in [3.8, 4) is 0 Å². The van der Waals surface area contributed by atoms with Crippen LogP contribution in [0.15, 0.2) is 36.4 Å². The predicted octanol–water partition coefficient (Wildman–Crippen LogP) is 4.22. The summed E-state index contributed by atoms with van der Waals surface area (Å²) in [4.78, 5) is 26.8. The van der Waals surface area contributed by atoms with Crippen molar-refractivity contribution in [2.45, 2.75) is 33.1 Å². The molecule has 0 fully saturated rings. The second-order valence-electron chi connectivity index (χ2n) is 7.05. The molecule has 5 heteroatoms. The van der Waals surface area contributed by atoms with E-state index >= 15 is 0 Å². The van der Waals surface area contributed by atoms with E-state index in [-0.39, 0.29) is 18.4 Å². The summed E-state index contributed by atoms with van der Waals surface area (Å²) < 4.78 is 0. The summed E-state index contributed by atoms with van der Waals surface area (Å²) in [7, 11) is 0. The zero-order valence-corrected chi connectivity index (χ0v) is 15.6. The number of hydrogen-bond acceptors (Lipinski definition) is 2. The highest BCUT2D eigenvalue weighted by Gasteiger charge is 2.44. The van der Waals surface area contributed by atoms with E-state index in [1.165, 1.54) is 0 Å². The van der Waals surface area contributed by atoms with Crippen LogP contribution in [0, 0.1) is 13.8 Å². The predicted molar refractivity (Wildman–Crippen MR) is 101 cm³/mol. The van der Waals surface area contributed by atoms with E-state index in [2.05, 4.69) is 5.32 Å². The van der Waals surface area contributed by atoms with Crippen LogP contribution in [-0.2, 0) is 15.0 Å². The van der Waals surface area contributed by atoms with Crippen LogP contribution in [0.4, 0.5) is 11.4 Å². The van der Waals surface area contributed by atoms with E-state index in [0.29, 0.717) is 10.7 Å². The minimum Gasteiger partial charge on any atom is -0.324 e. The Morgan fingerprint density at radius 2 is 1.88 bits per heavy atom. The third-order valence-corrected chi connectivity index (χ3v) is 5.06. The van der Waals surface area contributed by atoms with Crippen molar-refractivity contribution < 1.29 is 9.59 Å². The van der Waals surface area contributed by atoms with E-state index < -0.39 is 5.41 Å². The molecule has 0 spiro atoms. The highest BCUT2D eigenvalue weighted by atomic mass is 35.5. The number of carbonyl (C=O) groups excluding carboxylic acids is 2. The van der Waals surface area contributed by atoms with Crippen molar-refractivity contribution in [2.24, 2.45) is 0 Å². The van der Waals surface area contributed by atoms with Crippen molar-refractivity contribution in [1.29, 1.82) is 0 Å². The minimum atomic E-state index is -0.630. The van der Waals surface area contributed by atoms with E-state index in [1.54, 1.807) is 17.0 Å². The Morgan fingerprint density at radius 3 is 2.56 bits per heavy atom. The molecule has 0 radical (unpaired) electrons. The lowest BCUT2D eigenvalue weighted by Gasteiger charge is -2.20. The average molecular weight is 357 g/mol. The first-order chi connectivity index (χ1) is 11.7. The van der Waals surface area contributed by atoms with Gasteiger partial charge in [0.1, 0.15) is 6.54 Å². The van der Waals surface area contributed by atoms with Crippen molar-refractivity contribution in [1.82, 2.24) is 0 Å². The van der Waals surface area contributed by atoms with Crippen LogP contribution in [0.25, 0.3) is 0 Å². The van der Waals surface area contributed by atoms with Gasteiger partial charge in [-0.1, -0.05) is 35.4 Å². The van der Waals surface area contributed by atoms with Gasteiger partial charge in [-0.2, -0.15) is 0 Å². The smallest absolute Gasteiger partial charge is 0.244 e. The van der Waals surface area contributed by atoms with Gasteiger partial charge in [-0.05, 0) is 57.0 Å². The van der Waals surface area contributed by atoms with Crippen molar-refractivity contribution in [3.05, 3.63) is 58.1 Å². The van der Waals surface area contributed by atoms with Crippen LogP contribution in [0.3, 0.4) is 0 Å². The molecule has 0 atom stereocenters. The van der Waals surface area contributed by atoms with Crippen molar-refractivity contribution in [2.75, 3.05) is 16.8 Å². The summed E-state index contributed by atoms with van der Waals surface area (Å²) in [6.45, 7) is 7.66. The van der Waals surface area contributed by atoms with Crippen LogP contribution in [-0.4, -0.2) is 18.4 Å². The highest BCUT2D eigenvalue weighted by molar-refractivity contribution is 6.31. The molecule has 2 amide bonds. The monoisotopic (exact) mass is 356 g/mol. The van der Waals surface area contributed by atoms with Crippen molar-refractivity contribution >= 4 is 34.8 Å². The number of hydrogen-bond donors (Lipinski definition) is 1. The zero-order chi connectivity index (χ0) is 18.4. The molecule has 2 aromatic rings. The van der Waals surface area contributed by atoms with Gasteiger partial charge in [0.25, 0.3) is 0 Å². The van der Waals surface area contributed by atoms with Crippen LogP contribution < -0.4 is 10.2 Å². The number of carbonyl (C=O) groups is 2. The standard InChI is InChI=1S/C20H21ClN2O2/c1-12-5-8-17-15(9-12)20(3,4)19(25)23(17)11-18(24)22-14-7-6-13(2)16(21)10-14/h5-10H,11H2,1-4H3,(H,22,24). The molecule has 130 valence electrons. The third-order valence-electron chi connectivity index (χ3n) is 4.65. The Balaban J connectivity index is 1.82. The van der Waals surface area contributed by atoms with Gasteiger partial charge in [-0.15, -0.1) is 0 Å². The van der Waals surface area contributed by atoms with Gasteiger partial charge in [-0.25, -0.2) is 0 Å². The topological polar surface area (TPSA) is 49.4 Å². The Labute approximate surface area is 152 Å². The third kappa shape index (κ3) is 3.14. The fourth-order valence-corrected chi connectivity index (χ4v) is 3.30. The molecule has 4 nitrogen and oxygen atoms in total. The normalized spacial score (nSPS) is 15.2. The number of amides is 2. The van der Waals surface area contributed by atoms with Crippen LogP contribution in [0.2, 0.25) is 5.02 Å². The molecule has 0 saturated heterocycles.